The van der Waals surface area contributed by atoms with E-state index < -0.39 is 28.3 Å². The lowest BCUT2D eigenvalue weighted by atomic mass is 10.1. The molecular formula is C19H17F3N6O2S. The molecule has 2 heterocycles. The molecule has 2 aliphatic rings. The van der Waals surface area contributed by atoms with Gasteiger partial charge in [-0.3, -0.25) is 10.1 Å². The summed E-state index contributed by atoms with van der Waals surface area (Å²) in [5, 5.41) is 12.0. The average molecular weight is 450 g/mol. The van der Waals surface area contributed by atoms with Crippen LogP contribution in [0.4, 0.5) is 30.2 Å². The minimum Gasteiger partial charge on any atom is -0.308 e. The Morgan fingerprint density at radius 2 is 1.74 bits per heavy atom. The number of nitro benzene ring substituents is 1. The minimum atomic E-state index is -4.46. The molecule has 4 rings (SSSR count). The Labute approximate surface area is 179 Å². The molecule has 162 valence electrons. The number of halogens is 3. The van der Waals surface area contributed by atoms with E-state index in [2.05, 4.69) is 4.99 Å². The highest BCUT2D eigenvalue weighted by Crippen LogP contribution is 2.46. The zero-order chi connectivity index (χ0) is 22.5. The lowest BCUT2D eigenvalue weighted by molar-refractivity contribution is -0.384. The number of amidine groups is 1. The fourth-order valence-corrected chi connectivity index (χ4v) is 4.68. The van der Waals surface area contributed by atoms with Gasteiger partial charge in [-0.2, -0.15) is 13.2 Å². The van der Waals surface area contributed by atoms with Crippen LogP contribution < -0.4 is 21.3 Å². The average Bonchev–Trinajstić information content (AvgIpc) is 3.03. The van der Waals surface area contributed by atoms with Crippen molar-refractivity contribution in [3.63, 3.8) is 0 Å². The van der Waals surface area contributed by atoms with Gasteiger partial charge < -0.3 is 21.3 Å². The predicted molar refractivity (Wildman–Crippen MR) is 113 cm³/mol. The standard InChI is InChI=1S/C19H17F3N6O2S/c1-10-25-17-15(16(23)26(10)12-8-6-11(7-9-12)19(20,21)22)27(18(24)31-17)13-4-2-3-5-14(13)28(29)30/h2-9,16,18H,23-24H2,1H3. The van der Waals surface area contributed by atoms with Crippen LogP contribution in [0, 0.1) is 10.1 Å². The van der Waals surface area contributed by atoms with Crippen LogP contribution in [0.3, 0.4) is 0 Å². The van der Waals surface area contributed by atoms with Gasteiger partial charge in [0.15, 0.2) is 0 Å². The number of alkyl halides is 3. The van der Waals surface area contributed by atoms with Crippen molar-refractivity contribution >= 4 is 34.7 Å². The molecule has 2 aliphatic heterocycles. The van der Waals surface area contributed by atoms with Gasteiger partial charge in [-0.1, -0.05) is 23.9 Å². The summed E-state index contributed by atoms with van der Waals surface area (Å²) >= 11 is 1.20. The zero-order valence-corrected chi connectivity index (χ0v) is 16.9. The molecule has 8 nitrogen and oxygen atoms in total. The molecule has 0 aromatic heterocycles. The van der Waals surface area contributed by atoms with E-state index in [1.807, 2.05) is 0 Å². The summed E-state index contributed by atoms with van der Waals surface area (Å²) in [5.74, 6) is 0.468. The molecule has 12 heteroatoms. The maximum absolute atomic E-state index is 12.9. The topological polar surface area (TPSA) is 114 Å². The van der Waals surface area contributed by atoms with Crippen molar-refractivity contribution in [3.8, 4) is 0 Å². The molecule has 2 unspecified atom stereocenters. The molecule has 0 bridgehead atoms. The van der Waals surface area contributed by atoms with Crippen molar-refractivity contribution < 1.29 is 18.1 Å². The summed E-state index contributed by atoms with van der Waals surface area (Å²) < 4.78 is 38.8. The molecule has 0 radical (unpaired) electrons. The fourth-order valence-electron chi connectivity index (χ4n) is 3.59. The number of nitro groups is 1. The van der Waals surface area contributed by atoms with Crippen molar-refractivity contribution in [3.05, 3.63) is 74.9 Å². The third kappa shape index (κ3) is 3.62. The maximum Gasteiger partial charge on any atom is 0.416 e. The number of aliphatic imine (C=N–C) groups is 1. The van der Waals surface area contributed by atoms with Crippen molar-refractivity contribution in [2.45, 2.75) is 24.8 Å². The van der Waals surface area contributed by atoms with E-state index in [1.54, 1.807) is 34.9 Å². The minimum absolute atomic E-state index is 0.146. The number of para-hydroxylation sites is 2. The van der Waals surface area contributed by atoms with Crippen LogP contribution in [0.1, 0.15) is 12.5 Å². The Morgan fingerprint density at radius 3 is 2.35 bits per heavy atom. The molecule has 0 saturated carbocycles. The third-order valence-electron chi connectivity index (χ3n) is 4.95. The first kappa shape index (κ1) is 21.2. The molecule has 0 fully saturated rings. The molecule has 0 amide bonds. The molecule has 2 atom stereocenters. The van der Waals surface area contributed by atoms with Crippen LogP contribution in [0.2, 0.25) is 0 Å². The van der Waals surface area contributed by atoms with Crippen molar-refractivity contribution in [2.24, 2.45) is 16.5 Å². The van der Waals surface area contributed by atoms with Gasteiger partial charge in [0.25, 0.3) is 5.69 Å². The van der Waals surface area contributed by atoms with E-state index in [-0.39, 0.29) is 11.4 Å². The lowest BCUT2D eigenvalue weighted by Gasteiger charge is -2.37. The van der Waals surface area contributed by atoms with Gasteiger partial charge >= 0.3 is 6.18 Å². The number of nitrogens with zero attached hydrogens (tertiary/aromatic N) is 4. The van der Waals surface area contributed by atoms with E-state index in [0.29, 0.717) is 22.2 Å². The highest BCUT2D eigenvalue weighted by atomic mass is 32.2. The number of nitrogens with two attached hydrogens (primary N) is 2. The van der Waals surface area contributed by atoms with E-state index in [4.69, 9.17) is 11.5 Å². The van der Waals surface area contributed by atoms with E-state index in [1.165, 1.54) is 30.0 Å². The van der Waals surface area contributed by atoms with Crippen LogP contribution in [0.5, 0.6) is 0 Å². The van der Waals surface area contributed by atoms with Crippen LogP contribution in [-0.4, -0.2) is 22.4 Å². The van der Waals surface area contributed by atoms with Crippen LogP contribution in [0.15, 0.2) is 64.2 Å². The maximum atomic E-state index is 12.9. The van der Waals surface area contributed by atoms with Crippen LogP contribution in [0.25, 0.3) is 0 Å². The van der Waals surface area contributed by atoms with Crippen LogP contribution >= 0.6 is 11.8 Å². The Bertz CT molecular complexity index is 1100. The first-order valence-electron chi connectivity index (χ1n) is 9.06. The fraction of sp³-hybridized carbons (Fsp3) is 0.211. The second-order valence-electron chi connectivity index (χ2n) is 6.83. The second kappa shape index (κ2) is 7.55. The lowest BCUT2D eigenvalue weighted by Crippen LogP contribution is -2.53. The van der Waals surface area contributed by atoms with E-state index >= 15 is 0 Å². The Hall–Kier alpha value is -3.09. The third-order valence-corrected chi connectivity index (χ3v) is 5.92. The monoisotopic (exact) mass is 450 g/mol. The van der Waals surface area contributed by atoms with E-state index in [0.717, 1.165) is 12.1 Å². The normalized spacial score (nSPS) is 21.3. The highest BCUT2D eigenvalue weighted by molar-refractivity contribution is 8.04. The van der Waals surface area contributed by atoms with Crippen molar-refractivity contribution in [2.75, 3.05) is 9.80 Å². The van der Waals surface area contributed by atoms with Crippen molar-refractivity contribution in [1.29, 1.82) is 0 Å². The van der Waals surface area contributed by atoms with Crippen molar-refractivity contribution in [1.82, 2.24) is 0 Å². The summed E-state index contributed by atoms with van der Waals surface area (Å²) in [7, 11) is 0. The summed E-state index contributed by atoms with van der Waals surface area (Å²) in [5.41, 5.74) is 12.2. The van der Waals surface area contributed by atoms with Gasteiger partial charge in [0.1, 0.15) is 28.2 Å². The summed E-state index contributed by atoms with van der Waals surface area (Å²) in [6, 6.07) is 10.7. The predicted octanol–water partition coefficient (Wildman–Crippen LogP) is 3.80. The summed E-state index contributed by atoms with van der Waals surface area (Å²) in [6.45, 7) is 1.68. The van der Waals surface area contributed by atoms with E-state index in [9.17, 15) is 23.3 Å². The number of thioether (sulfide) groups is 1. The molecular weight excluding hydrogens is 433 g/mol. The number of rotatable bonds is 3. The Balaban J connectivity index is 1.76. The number of hydrogen-bond acceptors (Lipinski definition) is 8. The quantitative estimate of drug-likeness (QED) is 0.540. The summed E-state index contributed by atoms with van der Waals surface area (Å²) in [6.07, 6.45) is -5.33. The Morgan fingerprint density at radius 1 is 1.10 bits per heavy atom. The van der Waals surface area contributed by atoms with Gasteiger partial charge in [0.05, 0.1) is 16.2 Å². The Kier molecular flexibility index (Phi) is 5.15. The van der Waals surface area contributed by atoms with Gasteiger partial charge in [0.2, 0.25) is 0 Å². The van der Waals surface area contributed by atoms with Gasteiger partial charge in [-0.15, -0.1) is 0 Å². The smallest absolute Gasteiger partial charge is 0.308 e. The molecule has 2 aromatic rings. The molecule has 0 aliphatic carbocycles. The highest BCUT2D eigenvalue weighted by Gasteiger charge is 2.42. The molecule has 31 heavy (non-hydrogen) atoms. The first-order chi connectivity index (χ1) is 14.6. The SMILES string of the molecule is CC1=NC2=C(C(N)N1c1ccc(C(F)(F)F)cc1)N(c1ccccc1[N+](=O)[O-])C(N)S2. The zero-order valence-electron chi connectivity index (χ0n) is 16.1. The molecule has 2 aromatic carbocycles. The molecule has 0 spiro atoms. The largest absolute Gasteiger partial charge is 0.416 e. The van der Waals surface area contributed by atoms with Gasteiger partial charge in [-0.05, 0) is 37.3 Å². The molecule has 0 saturated heterocycles. The number of benzene rings is 2. The van der Waals surface area contributed by atoms with Crippen LogP contribution in [-0.2, 0) is 6.18 Å². The van der Waals surface area contributed by atoms with Gasteiger partial charge in [-0.25, -0.2) is 4.99 Å². The summed E-state index contributed by atoms with van der Waals surface area (Å²) in [4.78, 5) is 18.7. The first-order valence-corrected chi connectivity index (χ1v) is 9.94. The number of hydrogen-bond donors (Lipinski definition) is 2. The molecule has 4 N–H and O–H groups in total. The second-order valence-corrected chi connectivity index (χ2v) is 7.94. The number of anilines is 2. The van der Waals surface area contributed by atoms with Gasteiger partial charge in [0, 0.05) is 11.8 Å².